The molecular weight excluding hydrogens is 168 g/mol. The van der Waals surface area contributed by atoms with Crippen molar-refractivity contribution in [1.82, 2.24) is 0 Å². The van der Waals surface area contributed by atoms with Gasteiger partial charge in [0.1, 0.15) is 0 Å². The lowest BCUT2D eigenvalue weighted by Crippen LogP contribution is -2.25. The van der Waals surface area contributed by atoms with Crippen LogP contribution in [0.2, 0.25) is 0 Å². The van der Waals surface area contributed by atoms with Crippen molar-refractivity contribution in [3.8, 4) is 0 Å². The van der Waals surface area contributed by atoms with E-state index < -0.39 is 22.7 Å². The molecular formula is C2H4O7S. The molecule has 0 amide bonds. The van der Waals surface area contributed by atoms with E-state index >= 15 is 0 Å². The highest BCUT2D eigenvalue weighted by Crippen LogP contribution is 1.92. The summed E-state index contributed by atoms with van der Waals surface area (Å²) in [6, 6.07) is 0. The van der Waals surface area contributed by atoms with Crippen molar-refractivity contribution in [2.24, 2.45) is 0 Å². The monoisotopic (exact) mass is 172 g/mol. The molecule has 8 heteroatoms. The van der Waals surface area contributed by atoms with Crippen LogP contribution in [0.3, 0.4) is 0 Å². The van der Waals surface area contributed by atoms with Gasteiger partial charge in [-0.05, 0) is 0 Å². The zero-order chi connectivity index (χ0) is 8.36. The number of rotatable bonds is 3. The van der Waals surface area contributed by atoms with Crippen molar-refractivity contribution in [3.63, 3.8) is 0 Å². The summed E-state index contributed by atoms with van der Waals surface area (Å²) in [6.45, 7) is 0. The van der Waals surface area contributed by atoms with Gasteiger partial charge in [-0.2, -0.15) is 8.42 Å². The summed E-state index contributed by atoms with van der Waals surface area (Å²) in [5.74, 6) is -1.90. The van der Waals surface area contributed by atoms with Gasteiger partial charge in [0.2, 0.25) is 0 Å². The maximum Gasteiger partial charge on any atom is 0.400 e. The third kappa shape index (κ3) is 4.21. The standard InChI is InChI=1S/C2H4O7S/c3-1(4)2(5)9-10(6,7)8/h2,5H,(H,3,4)(H,6,7,8). The molecule has 3 N–H and O–H groups in total. The van der Waals surface area contributed by atoms with Crippen LogP contribution in [0, 0.1) is 0 Å². The Labute approximate surface area is 55.8 Å². The average molecular weight is 172 g/mol. The lowest BCUT2D eigenvalue weighted by Gasteiger charge is -2.01. The third-order valence-electron chi connectivity index (χ3n) is 0.424. The molecule has 0 spiro atoms. The molecule has 0 aromatic heterocycles. The van der Waals surface area contributed by atoms with Gasteiger partial charge in [0, 0.05) is 0 Å². The van der Waals surface area contributed by atoms with Crippen molar-refractivity contribution in [3.05, 3.63) is 0 Å². The van der Waals surface area contributed by atoms with Crippen LogP contribution in [0.1, 0.15) is 0 Å². The Morgan fingerprint density at radius 1 is 1.50 bits per heavy atom. The zero-order valence-corrected chi connectivity index (χ0v) is 5.28. The predicted molar refractivity (Wildman–Crippen MR) is 26.3 cm³/mol. The van der Waals surface area contributed by atoms with Gasteiger partial charge in [0.15, 0.2) is 0 Å². The number of aliphatic carboxylic acids is 1. The lowest BCUT2D eigenvalue weighted by atomic mass is 10.7. The molecule has 0 heterocycles. The van der Waals surface area contributed by atoms with Crippen molar-refractivity contribution in [2.75, 3.05) is 0 Å². The molecule has 0 fully saturated rings. The molecule has 0 aromatic rings. The van der Waals surface area contributed by atoms with Crippen molar-refractivity contribution >= 4 is 16.4 Å². The fourth-order valence-corrected chi connectivity index (χ4v) is 0.469. The van der Waals surface area contributed by atoms with Crippen molar-refractivity contribution in [1.29, 1.82) is 0 Å². The van der Waals surface area contributed by atoms with E-state index in [2.05, 4.69) is 4.18 Å². The van der Waals surface area contributed by atoms with Gasteiger partial charge in [-0.3, -0.25) is 4.55 Å². The minimum absolute atomic E-state index is 1.90. The van der Waals surface area contributed by atoms with Crippen molar-refractivity contribution < 1.29 is 32.2 Å². The van der Waals surface area contributed by atoms with E-state index in [1.165, 1.54) is 0 Å². The smallest absolute Gasteiger partial charge is 0.400 e. The molecule has 1 atom stereocenters. The Morgan fingerprint density at radius 2 is 1.90 bits per heavy atom. The predicted octanol–water partition coefficient (Wildman–Crippen LogP) is -1.79. The summed E-state index contributed by atoms with van der Waals surface area (Å²) in [5.41, 5.74) is 0. The highest BCUT2D eigenvalue weighted by Gasteiger charge is 2.20. The quantitative estimate of drug-likeness (QED) is 0.339. The first-order chi connectivity index (χ1) is 4.33. The van der Waals surface area contributed by atoms with Crippen LogP contribution in [0.25, 0.3) is 0 Å². The molecule has 60 valence electrons. The maximum absolute atomic E-state index is 9.66. The van der Waals surface area contributed by atoms with Gasteiger partial charge >= 0.3 is 16.4 Å². The van der Waals surface area contributed by atoms with Crippen LogP contribution in [0.5, 0.6) is 0 Å². The Kier molecular flexibility index (Phi) is 2.72. The molecule has 1 unspecified atom stereocenters. The van der Waals surface area contributed by atoms with E-state index in [-0.39, 0.29) is 0 Å². The summed E-state index contributed by atoms with van der Waals surface area (Å²) < 4.78 is 30.3. The van der Waals surface area contributed by atoms with Crippen LogP contribution >= 0.6 is 0 Å². The molecule has 0 saturated carbocycles. The minimum atomic E-state index is -4.90. The van der Waals surface area contributed by atoms with Crippen LogP contribution < -0.4 is 0 Å². The van der Waals surface area contributed by atoms with E-state index in [1.54, 1.807) is 0 Å². The first-order valence-electron chi connectivity index (χ1n) is 1.89. The number of hydrogen-bond donors (Lipinski definition) is 3. The van der Waals surface area contributed by atoms with E-state index in [0.717, 1.165) is 0 Å². The Morgan fingerprint density at radius 3 is 2.00 bits per heavy atom. The largest absolute Gasteiger partial charge is 0.477 e. The fraction of sp³-hybridized carbons (Fsp3) is 0.500. The summed E-state index contributed by atoms with van der Waals surface area (Å²) in [5, 5.41) is 15.9. The highest BCUT2D eigenvalue weighted by atomic mass is 32.3. The number of hydrogen-bond acceptors (Lipinski definition) is 5. The van der Waals surface area contributed by atoms with E-state index in [0.29, 0.717) is 0 Å². The number of aliphatic hydroxyl groups excluding tert-OH is 1. The van der Waals surface area contributed by atoms with E-state index in [4.69, 9.17) is 14.8 Å². The molecule has 7 nitrogen and oxygen atoms in total. The lowest BCUT2D eigenvalue weighted by molar-refractivity contribution is -0.162. The van der Waals surface area contributed by atoms with E-state index in [1.807, 2.05) is 0 Å². The highest BCUT2D eigenvalue weighted by molar-refractivity contribution is 7.80. The summed E-state index contributed by atoms with van der Waals surface area (Å²) in [6.07, 6.45) is -2.56. The van der Waals surface area contributed by atoms with Crippen LogP contribution in [-0.2, 0) is 19.4 Å². The molecule has 0 radical (unpaired) electrons. The summed E-state index contributed by atoms with van der Waals surface area (Å²) in [7, 11) is -4.90. The number of carbonyl (C=O) groups is 1. The fourth-order valence-electron chi connectivity index (χ4n) is 0.156. The molecule has 0 aliphatic heterocycles. The van der Waals surface area contributed by atoms with Gasteiger partial charge in [0.25, 0.3) is 6.29 Å². The molecule has 0 saturated heterocycles. The van der Waals surface area contributed by atoms with Gasteiger partial charge in [-0.1, -0.05) is 0 Å². The Balaban J connectivity index is 4.06. The van der Waals surface area contributed by atoms with Gasteiger partial charge in [0.05, 0.1) is 0 Å². The molecule has 0 aromatic carbocycles. The van der Waals surface area contributed by atoms with Gasteiger partial charge < -0.3 is 10.2 Å². The minimum Gasteiger partial charge on any atom is -0.477 e. The normalized spacial score (nSPS) is 14.6. The first-order valence-corrected chi connectivity index (χ1v) is 3.26. The maximum atomic E-state index is 9.66. The summed E-state index contributed by atoms with van der Waals surface area (Å²) >= 11 is 0. The Bertz CT molecular complexity index is 214. The molecule has 0 aliphatic carbocycles. The second-order valence-corrected chi connectivity index (χ2v) is 2.26. The second kappa shape index (κ2) is 2.92. The molecule has 0 bridgehead atoms. The average Bonchev–Trinajstić information content (AvgIpc) is 1.60. The zero-order valence-electron chi connectivity index (χ0n) is 4.46. The molecule has 0 rings (SSSR count). The molecule has 0 aliphatic rings. The number of carboxylic acid groups (broad SMARTS) is 1. The second-order valence-electron chi connectivity index (χ2n) is 1.21. The molecule has 10 heavy (non-hydrogen) atoms. The van der Waals surface area contributed by atoms with E-state index in [9.17, 15) is 13.2 Å². The number of carboxylic acids is 1. The summed E-state index contributed by atoms with van der Waals surface area (Å²) in [4.78, 5) is 9.63. The van der Waals surface area contributed by atoms with Gasteiger partial charge in [-0.25, -0.2) is 8.98 Å². The SMILES string of the molecule is O=C(O)C(O)OS(=O)(=O)O. The Hall–Kier alpha value is -0.700. The van der Waals surface area contributed by atoms with Crippen LogP contribution in [-0.4, -0.2) is 35.4 Å². The topological polar surface area (TPSA) is 121 Å². The van der Waals surface area contributed by atoms with Crippen LogP contribution in [0.15, 0.2) is 0 Å². The van der Waals surface area contributed by atoms with Gasteiger partial charge in [-0.15, -0.1) is 0 Å². The van der Waals surface area contributed by atoms with Crippen LogP contribution in [0.4, 0.5) is 0 Å². The third-order valence-corrected chi connectivity index (χ3v) is 0.849. The van der Waals surface area contributed by atoms with Crippen molar-refractivity contribution in [2.45, 2.75) is 6.29 Å². The number of aliphatic hydroxyl groups is 1. The first kappa shape index (κ1) is 9.30.